The molecule has 4 N–H and O–H groups in total. The maximum atomic E-state index is 13.0. The van der Waals surface area contributed by atoms with Crippen molar-refractivity contribution in [1.29, 1.82) is 0 Å². The summed E-state index contributed by atoms with van der Waals surface area (Å²) in [5, 5.41) is 5.63. The molecule has 6 nitrogen and oxygen atoms in total. The Morgan fingerprint density at radius 1 is 0.970 bits per heavy atom. The largest absolute Gasteiger partial charge is 0.445 e. The van der Waals surface area contributed by atoms with E-state index in [-0.39, 0.29) is 18.6 Å². The number of rotatable bonds is 8. The third-order valence-electron chi connectivity index (χ3n) is 5.83. The molecule has 3 aromatic carbocycles. The SMILES string of the molecule is Bc1ccc(COC(=O)NC(Cc2ccccc2)C(=O)Nc2ccc(C3CC3N)cc2)cc1. The number of nitrogens with two attached hydrogens (primary N) is 1. The number of hydrogen-bond donors (Lipinski definition) is 3. The Hall–Kier alpha value is -3.58. The average Bonchev–Trinajstić information content (AvgIpc) is 3.56. The molecule has 33 heavy (non-hydrogen) atoms. The predicted molar refractivity (Wildman–Crippen MR) is 132 cm³/mol. The van der Waals surface area contributed by atoms with E-state index in [1.165, 1.54) is 5.56 Å². The monoisotopic (exact) mass is 441 g/mol. The van der Waals surface area contributed by atoms with E-state index in [0.29, 0.717) is 18.0 Å². The molecule has 0 bridgehead atoms. The van der Waals surface area contributed by atoms with Gasteiger partial charge in [-0.1, -0.05) is 72.2 Å². The van der Waals surface area contributed by atoms with Gasteiger partial charge in [-0.3, -0.25) is 4.79 Å². The highest BCUT2D eigenvalue weighted by atomic mass is 16.5. The summed E-state index contributed by atoms with van der Waals surface area (Å²) in [5.41, 5.74) is 10.7. The van der Waals surface area contributed by atoms with Crippen LogP contribution in [0.4, 0.5) is 10.5 Å². The lowest BCUT2D eigenvalue weighted by atomic mass is 9.95. The van der Waals surface area contributed by atoms with Crippen molar-refractivity contribution in [2.24, 2.45) is 5.73 Å². The van der Waals surface area contributed by atoms with E-state index in [4.69, 9.17) is 10.5 Å². The summed E-state index contributed by atoms with van der Waals surface area (Å²) < 4.78 is 5.35. The second kappa shape index (κ2) is 10.4. The van der Waals surface area contributed by atoms with E-state index < -0.39 is 12.1 Å². The van der Waals surface area contributed by atoms with Gasteiger partial charge in [0.1, 0.15) is 20.5 Å². The van der Waals surface area contributed by atoms with Crippen LogP contribution in [0, 0.1) is 0 Å². The van der Waals surface area contributed by atoms with Crippen LogP contribution in [0.25, 0.3) is 0 Å². The normalized spacial score (nSPS) is 17.6. The zero-order valence-electron chi connectivity index (χ0n) is 18.7. The van der Waals surface area contributed by atoms with Gasteiger partial charge in [-0.05, 0) is 35.2 Å². The van der Waals surface area contributed by atoms with Gasteiger partial charge in [0, 0.05) is 24.1 Å². The second-order valence-electron chi connectivity index (χ2n) is 8.57. The number of carbonyl (C=O) groups is 2. The van der Waals surface area contributed by atoms with Gasteiger partial charge in [0.05, 0.1) is 0 Å². The van der Waals surface area contributed by atoms with Crippen molar-refractivity contribution in [2.75, 3.05) is 5.32 Å². The first-order chi connectivity index (χ1) is 16.0. The number of anilines is 1. The standard InChI is InChI=1S/C26H28BN3O3/c27-20-10-6-18(7-11-20)16-33-26(32)30-24(14-17-4-2-1-3-5-17)25(31)29-21-12-8-19(9-13-21)22-15-23(22)28/h1-13,22-24H,14-16,27-28H2,(H,29,31)(H,30,32). The average molecular weight is 441 g/mol. The van der Waals surface area contributed by atoms with E-state index in [2.05, 4.69) is 10.6 Å². The van der Waals surface area contributed by atoms with Gasteiger partial charge in [-0.25, -0.2) is 4.79 Å². The molecule has 0 spiro atoms. The van der Waals surface area contributed by atoms with Crippen LogP contribution in [0.1, 0.15) is 29.0 Å². The zero-order valence-corrected chi connectivity index (χ0v) is 18.7. The Morgan fingerprint density at radius 3 is 2.27 bits per heavy atom. The van der Waals surface area contributed by atoms with Crippen molar-refractivity contribution in [3.8, 4) is 0 Å². The third-order valence-corrected chi connectivity index (χ3v) is 5.83. The van der Waals surface area contributed by atoms with Crippen LogP contribution in [0.2, 0.25) is 0 Å². The van der Waals surface area contributed by atoms with Gasteiger partial charge in [0.2, 0.25) is 5.91 Å². The van der Waals surface area contributed by atoms with E-state index in [9.17, 15) is 9.59 Å². The van der Waals surface area contributed by atoms with Gasteiger partial charge in [-0.2, -0.15) is 0 Å². The molecule has 3 unspecified atom stereocenters. The lowest BCUT2D eigenvalue weighted by molar-refractivity contribution is -0.118. The summed E-state index contributed by atoms with van der Waals surface area (Å²) in [6.45, 7) is 0.135. The Kier molecular flexibility index (Phi) is 7.10. The van der Waals surface area contributed by atoms with E-state index in [1.807, 2.05) is 86.7 Å². The molecule has 0 aliphatic heterocycles. The fraction of sp³-hybridized carbons (Fsp3) is 0.231. The van der Waals surface area contributed by atoms with Crippen molar-refractivity contribution in [3.05, 3.63) is 95.6 Å². The number of hydrogen-bond acceptors (Lipinski definition) is 4. The third kappa shape index (κ3) is 6.46. The molecule has 0 heterocycles. The summed E-state index contributed by atoms with van der Waals surface area (Å²) in [6.07, 6.45) is 0.713. The summed E-state index contributed by atoms with van der Waals surface area (Å²) in [7, 11) is 2.00. The summed E-state index contributed by atoms with van der Waals surface area (Å²) in [6, 6.07) is 24.5. The minimum Gasteiger partial charge on any atom is -0.445 e. The van der Waals surface area contributed by atoms with Crippen LogP contribution in [0.3, 0.4) is 0 Å². The Morgan fingerprint density at radius 2 is 1.64 bits per heavy atom. The van der Waals surface area contributed by atoms with Gasteiger partial charge in [0.25, 0.3) is 0 Å². The molecule has 0 radical (unpaired) electrons. The lowest BCUT2D eigenvalue weighted by Gasteiger charge is -2.19. The van der Waals surface area contributed by atoms with Crippen molar-refractivity contribution in [1.82, 2.24) is 5.32 Å². The first kappa shape index (κ1) is 22.6. The molecule has 4 rings (SSSR count). The van der Waals surface area contributed by atoms with Crippen LogP contribution in [-0.4, -0.2) is 31.9 Å². The Bertz CT molecular complexity index is 1090. The van der Waals surface area contributed by atoms with Gasteiger partial charge in [-0.15, -0.1) is 0 Å². The first-order valence-corrected chi connectivity index (χ1v) is 11.2. The van der Waals surface area contributed by atoms with Gasteiger partial charge >= 0.3 is 6.09 Å². The zero-order chi connectivity index (χ0) is 23.2. The fourth-order valence-electron chi connectivity index (χ4n) is 3.72. The molecule has 3 aromatic rings. The van der Waals surface area contributed by atoms with Crippen molar-refractivity contribution >= 4 is 31.0 Å². The van der Waals surface area contributed by atoms with Crippen molar-refractivity contribution < 1.29 is 14.3 Å². The molecular formula is C26H28BN3O3. The van der Waals surface area contributed by atoms with E-state index in [1.54, 1.807) is 0 Å². The molecule has 168 valence electrons. The number of carbonyl (C=O) groups excluding carboxylic acids is 2. The molecule has 0 saturated heterocycles. The minimum atomic E-state index is -0.783. The quantitative estimate of drug-likeness (QED) is 0.468. The number of alkyl carbamates (subject to hydrolysis) is 1. The van der Waals surface area contributed by atoms with Crippen LogP contribution < -0.4 is 21.8 Å². The highest BCUT2D eigenvalue weighted by molar-refractivity contribution is 6.32. The number of nitrogens with one attached hydrogen (secondary N) is 2. The van der Waals surface area contributed by atoms with Gasteiger partial charge < -0.3 is 21.1 Å². The number of amides is 2. The maximum absolute atomic E-state index is 13.0. The first-order valence-electron chi connectivity index (χ1n) is 11.2. The molecule has 7 heteroatoms. The van der Waals surface area contributed by atoms with Crippen LogP contribution >= 0.6 is 0 Å². The fourth-order valence-corrected chi connectivity index (χ4v) is 3.72. The van der Waals surface area contributed by atoms with Crippen LogP contribution in [-0.2, 0) is 22.6 Å². The molecule has 2 amide bonds. The summed E-state index contributed by atoms with van der Waals surface area (Å²) >= 11 is 0. The smallest absolute Gasteiger partial charge is 0.408 e. The lowest BCUT2D eigenvalue weighted by Crippen LogP contribution is -2.45. The maximum Gasteiger partial charge on any atom is 0.408 e. The summed E-state index contributed by atoms with van der Waals surface area (Å²) in [5.74, 6) is 0.104. The van der Waals surface area contributed by atoms with E-state index in [0.717, 1.165) is 23.0 Å². The van der Waals surface area contributed by atoms with E-state index >= 15 is 0 Å². The number of ether oxygens (including phenoxy) is 1. The van der Waals surface area contributed by atoms with Crippen LogP contribution in [0.5, 0.6) is 0 Å². The highest BCUT2D eigenvalue weighted by Gasteiger charge is 2.34. The van der Waals surface area contributed by atoms with Crippen molar-refractivity contribution in [3.63, 3.8) is 0 Å². The van der Waals surface area contributed by atoms with Gasteiger partial charge in [0.15, 0.2) is 0 Å². The van der Waals surface area contributed by atoms with Crippen molar-refractivity contribution in [2.45, 2.75) is 37.5 Å². The molecule has 1 saturated carbocycles. The highest BCUT2D eigenvalue weighted by Crippen LogP contribution is 2.39. The molecule has 1 aliphatic carbocycles. The molecule has 3 atom stereocenters. The number of benzene rings is 3. The second-order valence-corrected chi connectivity index (χ2v) is 8.57. The topological polar surface area (TPSA) is 93.4 Å². The Balaban J connectivity index is 1.39. The Labute approximate surface area is 194 Å². The minimum absolute atomic E-state index is 0.135. The predicted octanol–water partition coefficient (Wildman–Crippen LogP) is 2.24. The molecule has 1 fully saturated rings. The molecule has 0 aromatic heterocycles. The van der Waals surface area contributed by atoms with Crippen LogP contribution in [0.15, 0.2) is 78.9 Å². The summed E-state index contributed by atoms with van der Waals surface area (Å²) in [4.78, 5) is 25.5. The molecular weight excluding hydrogens is 413 g/mol. The molecule has 1 aliphatic rings.